The highest BCUT2D eigenvalue weighted by Gasteiger charge is 2.38. The number of aromatic nitrogens is 2. The van der Waals surface area contributed by atoms with Gasteiger partial charge in [-0.25, -0.2) is 4.79 Å². The van der Waals surface area contributed by atoms with Gasteiger partial charge in [0.05, 0.1) is 4.92 Å². The third-order valence-corrected chi connectivity index (χ3v) is 3.15. The van der Waals surface area contributed by atoms with Crippen molar-refractivity contribution in [1.82, 2.24) is 9.78 Å². The third-order valence-electron chi connectivity index (χ3n) is 3.15. The average Bonchev–Trinajstić information content (AvgIpc) is 2.80. The van der Waals surface area contributed by atoms with Crippen molar-refractivity contribution in [2.75, 3.05) is 5.32 Å². The lowest BCUT2D eigenvalue weighted by atomic mass is 9.92. The number of carboxylic acid groups (broad SMARTS) is 1. The fourth-order valence-corrected chi connectivity index (χ4v) is 1.96. The van der Waals surface area contributed by atoms with E-state index in [1.807, 2.05) is 0 Å². The van der Waals surface area contributed by atoms with E-state index in [1.165, 1.54) is 24.9 Å². The Bertz CT molecular complexity index is 683. The first-order valence-electron chi connectivity index (χ1n) is 6.09. The highest BCUT2D eigenvalue weighted by Crippen LogP contribution is 2.30. The molecule has 2 N–H and O–H groups in total. The molecular weight excluding hydrogens is 276 g/mol. The van der Waals surface area contributed by atoms with Crippen molar-refractivity contribution in [2.24, 2.45) is 7.05 Å². The standard InChI is InChI=1S/C13H14N4O4/c1-13(12(18)19,9-6-4-3-5-7-9)14-11-10(17(20)21)8-16(2)15-11/h3-8H,1-2H3,(H,14,15)(H,18,19). The molecule has 8 heteroatoms. The van der Waals surface area contributed by atoms with Crippen molar-refractivity contribution in [3.8, 4) is 0 Å². The van der Waals surface area contributed by atoms with Crippen molar-refractivity contribution >= 4 is 17.5 Å². The first-order chi connectivity index (χ1) is 9.84. The van der Waals surface area contributed by atoms with E-state index in [1.54, 1.807) is 30.3 Å². The maximum absolute atomic E-state index is 11.6. The molecule has 0 spiro atoms. The summed E-state index contributed by atoms with van der Waals surface area (Å²) in [6.45, 7) is 1.43. The van der Waals surface area contributed by atoms with Crippen molar-refractivity contribution in [1.29, 1.82) is 0 Å². The summed E-state index contributed by atoms with van der Waals surface area (Å²) in [5.41, 5.74) is -1.33. The predicted molar refractivity (Wildman–Crippen MR) is 74.9 cm³/mol. The van der Waals surface area contributed by atoms with Crippen molar-refractivity contribution in [3.63, 3.8) is 0 Å². The summed E-state index contributed by atoms with van der Waals surface area (Å²) in [5.74, 6) is -1.25. The highest BCUT2D eigenvalue weighted by molar-refractivity contribution is 5.84. The molecule has 21 heavy (non-hydrogen) atoms. The van der Waals surface area contributed by atoms with E-state index < -0.39 is 16.4 Å². The number of aryl methyl sites for hydroxylation is 1. The Balaban J connectivity index is 2.47. The van der Waals surface area contributed by atoms with Crippen molar-refractivity contribution in [2.45, 2.75) is 12.5 Å². The average molecular weight is 290 g/mol. The van der Waals surface area contributed by atoms with Gasteiger partial charge in [-0.15, -0.1) is 5.10 Å². The number of hydrogen-bond donors (Lipinski definition) is 2. The molecular formula is C13H14N4O4. The molecule has 1 atom stereocenters. The monoisotopic (exact) mass is 290 g/mol. The maximum Gasteiger partial charge on any atom is 0.333 e. The summed E-state index contributed by atoms with van der Waals surface area (Å²) in [6, 6.07) is 8.43. The van der Waals surface area contributed by atoms with Gasteiger partial charge >= 0.3 is 11.7 Å². The van der Waals surface area contributed by atoms with Gasteiger partial charge in [-0.3, -0.25) is 14.8 Å². The Hall–Kier alpha value is -2.90. The van der Waals surface area contributed by atoms with Crippen LogP contribution in [0.5, 0.6) is 0 Å². The lowest BCUT2D eigenvalue weighted by Crippen LogP contribution is -2.40. The first-order valence-corrected chi connectivity index (χ1v) is 6.09. The molecule has 1 unspecified atom stereocenters. The van der Waals surface area contributed by atoms with Crippen LogP contribution in [0.4, 0.5) is 11.5 Å². The second kappa shape index (κ2) is 5.23. The van der Waals surface area contributed by atoms with E-state index in [2.05, 4.69) is 10.4 Å². The Labute approximate surface area is 120 Å². The number of nitrogens with one attached hydrogen (secondary N) is 1. The van der Waals surface area contributed by atoms with Gasteiger partial charge < -0.3 is 10.4 Å². The molecule has 0 saturated carbocycles. The van der Waals surface area contributed by atoms with Crippen LogP contribution in [-0.2, 0) is 17.4 Å². The molecule has 1 aromatic heterocycles. The van der Waals surface area contributed by atoms with E-state index in [4.69, 9.17) is 0 Å². The molecule has 1 heterocycles. The highest BCUT2D eigenvalue weighted by atomic mass is 16.6. The van der Waals surface area contributed by atoms with Crippen LogP contribution >= 0.6 is 0 Å². The zero-order valence-electron chi connectivity index (χ0n) is 11.5. The van der Waals surface area contributed by atoms with Crippen molar-refractivity contribution < 1.29 is 14.8 Å². The molecule has 0 saturated heterocycles. The predicted octanol–water partition coefficient (Wildman–Crippen LogP) is 1.74. The van der Waals surface area contributed by atoms with Gasteiger partial charge in [0.2, 0.25) is 5.82 Å². The van der Waals surface area contributed by atoms with Crippen LogP contribution in [0.2, 0.25) is 0 Å². The van der Waals surface area contributed by atoms with Crippen LogP contribution in [0.1, 0.15) is 12.5 Å². The largest absolute Gasteiger partial charge is 0.479 e. The fourth-order valence-electron chi connectivity index (χ4n) is 1.96. The molecule has 0 radical (unpaired) electrons. The Kier molecular flexibility index (Phi) is 3.62. The lowest BCUT2D eigenvalue weighted by molar-refractivity contribution is -0.384. The molecule has 2 aromatic rings. The zero-order valence-corrected chi connectivity index (χ0v) is 11.5. The van der Waals surface area contributed by atoms with E-state index in [0.29, 0.717) is 5.56 Å². The summed E-state index contributed by atoms with van der Waals surface area (Å²) < 4.78 is 1.26. The number of carboxylic acids is 1. The summed E-state index contributed by atoms with van der Waals surface area (Å²) in [7, 11) is 1.53. The fraction of sp³-hybridized carbons (Fsp3) is 0.231. The van der Waals surface area contributed by atoms with Crippen LogP contribution in [0.3, 0.4) is 0 Å². The maximum atomic E-state index is 11.6. The second-order valence-electron chi connectivity index (χ2n) is 4.71. The number of benzene rings is 1. The number of carbonyl (C=O) groups is 1. The molecule has 0 fully saturated rings. The summed E-state index contributed by atoms with van der Waals surface area (Å²) in [5, 5.41) is 27.1. The normalized spacial score (nSPS) is 13.4. The Morgan fingerprint density at radius 2 is 2.05 bits per heavy atom. The first kappa shape index (κ1) is 14.5. The number of hydrogen-bond acceptors (Lipinski definition) is 5. The summed E-state index contributed by atoms with van der Waals surface area (Å²) >= 11 is 0. The molecule has 0 aliphatic heterocycles. The topological polar surface area (TPSA) is 110 Å². The summed E-state index contributed by atoms with van der Waals surface area (Å²) in [6.07, 6.45) is 1.22. The van der Waals surface area contributed by atoms with Gasteiger partial charge in [0.1, 0.15) is 6.20 Å². The molecule has 110 valence electrons. The molecule has 0 bridgehead atoms. The molecule has 2 rings (SSSR count). The van der Waals surface area contributed by atoms with Crippen LogP contribution in [0, 0.1) is 10.1 Å². The SMILES string of the molecule is Cn1cc([N+](=O)[O-])c(NC(C)(C(=O)O)c2ccccc2)n1. The number of aliphatic carboxylic acids is 1. The van der Waals surface area contributed by atoms with Crippen LogP contribution < -0.4 is 5.32 Å². The van der Waals surface area contributed by atoms with E-state index in [-0.39, 0.29) is 11.5 Å². The number of rotatable bonds is 5. The molecule has 1 aromatic carbocycles. The molecule has 0 aliphatic carbocycles. The van der Waals surface area contributed by atoms with Gasteiger partial charge in [0.15, 0.2) is 5.54 Å². The van der Waals surface area contributed by atoms with Gasteiger partial charge in [0, 0.05) is 7.05 Å². The smallest absolute Gasteiger partial charge is 0.333 e. The van der Waals surface area contributed by atoms with E-state index in [9.17, 15) is 20.0 Å². The molecule has 8 nitrogen and oxygen atoms in total. The summed E-state index contributed by atoms with van der Waals surface area (Å²) in [4.78, 5) is 22.0. The zero-order chi connectivity index (χ0) is 15.6. The van der Waals surface area contributed by atoms with Gasteiger partial charge in [-0.1, -0.05) is 30.3 Å². The van der Waals surface area contributed by atoms with E-state index in [0.717, 1.165) is 0 Å². The van der Waals surface area contributed by atoms with E-state index >= 15 is 0 Å². The minimum atomic E-state index is -1.53. The van der Waals surface area contributed by atoms with Gasteiger partial charge in [-0.2, -0.15) is 0 Å². The minimum absolute atomic E-state index is 0.0868. The molecule has 0 aliphatic rings. The second-order valence-corrected chi connectivity index (χ2v) is 4.71. The Morgan fingerprint density at radius 3 is 2.57 bits per heavy atom. The number of anilines is 1. The lowest BCUT2D eigenvalue weighted by Gasteiger charge is -2.26. The van der Waals surface area contributed by atoms with Crippen LogP contribution in [0.25, 0.3) is 0 Å². The Morgan fingerprint density at radius 1 is 1.43 bits per heavy atom. The molecule has 0 amide bonds. The van der Waals surface area contributed by atoms with Gasteiger partial charge in [0.25, 0.3) is 0 Å². The third kappa shape index (κ3) is 2.69. The van der Waals surface area contributed by atoms with Crippen LogP contribution in [-0.4, -0.2) is 25.8 Å². The number of nitro groups is 1. The van der Waals surface area contributed by atoms with Crippen molar-refractivity contribution in [3.05, 3.63) is 52.2 Å². The number of nitrogens with zero attached hydrogens (tertiary/aromatic N) is 3. The quantitative estimate of drug-likeness (QED) is 0.641. The minimum Gasteiger partial charge on any atom is -0.479 e. The van der Waals surface area contributed by atoms with Gasteiger partial charge in [-0.05, 0) is 12.5 Å². The van der Waals surface area contributed by atoms with Crippen LogP contribution in [0.15, 0.2) is 36.5 Å².